The summed E-state index contributed by atoms with van der Waals surface area (Å²) in [7, 11) is 0. The van der Waals surface area contributed by atoms with Crippen molar-refractivity contribution in [1.82, 2.24) is 4.98 Å². The van der Waals surface area contributed by atoms with Crippen LogP contribution in [0.1, 0.15) is 18.2 Å². The van der Waals surface area contributed by atoms with Gasteiger partial charge in [-0.15, -0.1) is 0 Å². The fourth-order valence-electron chi connectivity index (χ4n) is 2.06. The Bertz CT molecular complexity index is 523. The summed E-state index contributed by atoms with van der Waals surface area (Å²) in [6, 6.07) is 12.6. The van der Waals surface area contributed by atoms with Gasteiger partial charge in [0.05, 0.1) is 5.69 Å². The Morgan fingerprint density at radius 1 is 1.17 bits per heavy atom. The van der Waals surface area contributed by atoms with Gasteiger partial charge >= 0.3 is 0 Å². The molecule has 3 nitrogen and oxygen atoms in total. The topological polar surface area (TPSA) is 42.2 Å². The van der Waals surface area contributed by atoms with Crippen molar-refractivity contribution in [2.24, 2.45) is 5.73 Å². The molecule has 18 heavy (non-hydrogen) atoms. The third-order valence-corrected chi connectivity index (χ3v) is 2.95. The van der Waals surface area contributed by atoms with E-state index in [2.05, 4.69) is 48.0 Å². The summed E-state index contributed by atoms with van der Waals surface area (Å²) < 4.78 is 0. The van der Waals surface area contributed by atoms with E-state index < -0.39 is 0 Å². The van der Waals surface area contributed by atoms with E-state index in [1.807, 2.05) is 18.3 Å². The molecule has 0 aliphatic heterocycles. The summed E-state index contributed by atoms with van der Waals surface area (Å²) in [5, 5.41) is 0. The highest BCUT2D eigenvalue weighted by Crippen LogP contribution is 2.25. The molecule has 0 radical (unpaired) electrons. The summed E-state index contributed by atoms with van der Waals surface area (Å²) in [5.41, 5.74) is 10.2. The molecule has 2 N–H and O–H groups in total. The minimum absolute atomic E-state index is 0.471. The van der Waals surface area contributed by atoms with Gasteiger partial charge in [0.15, 0.2) is 0 Å². The Balaban J connectivity index is 2.38. The van der Waals surface area contributed by atoms with Crippen molar-refractivity contribution in [2.45, 2.75) is 20.4 Å². The third kappa shape index (κ3) is 2.68. The van der Waals surface area contributed by atoms with Crippen LogP contribution in [0.25, 0.3) is 0 Å². The maximum Gasteiger partial charge on any atom is 0.0560 e. The molecule has 1 aromatic heterocycles. The van der Waals surface area contributed by atoms with Crippen molar-refractivity contribution < 1.29 is 0 Å². The number of aryl methyl sites for hydroxylation is 1. The number of hydrogen-bond acceptors (Lipinski definition) is 3. The molecule has 0 saturated heterocycles. The van der Waals surface area contributed by atoms with Gasteiger partial charge in [-0.2, -0.15) is 0 Å². The summed E-state index contributed by atoms with van der Waals surface area (Å²) in [5.74, 6) is 0. The molecule has 0 aliphatic rings. The van der Waals surface area contributed by atoms with Gasteiger partial charge in [0, 0.05) is 30.7 Å². The smallest absolute Gasteiger partial charge is 0.0560 e. The van der Waals surface area contributed by atoms with Crippen LogP contribution < -0.4 is 10.6 Å². The first kappa shape index (κ1) is 12.6. The molecule has 0 spiro atoms. The second kappa shape index (κ2) is 5.65. The largest absolute Gasteiger partial charge is 0.342 e. The Kier molecular flexibility index (Phi) is 3.95. The summed E-state index contributed by atoms with van der Waals surface area (Å²) in [6.45, 7) is 5.64. The van der Waals surface area contributed by atoms with Crippen molar-refractivity contribution in [3.63, 3.8) is 0 Å². The van der Waals surface area contributed by atoms with Gasteiger partial charge in [-0.25, -0.2) is 0 Å². The lowest BCUT2D eigenvalue weighted by atomic mass is 10.2. The molecule has 2 rings (SSSR count). The molecule has 94 valence electrons. The van der Waals surface area contributed by atoms with Crippen LogP contribution in [-0.4, -0.2) is 11.5 Å². The van der Waals surface area contributed by atoms with Gasteiger partial charge in [0.25, 0.3) is 0 Å². The molecule has 0 unspecified atom stereocenters. The van der Waals surface area contributed by atoms with E-state index in [9.17, 15) is 0 Å². The Labute approximate surface area is 108 Å². The van der Waals surface area contributed by atoms with E-state index in [1.165, 1.54) is 11.3 Å². The second-order valence-corrected chi connectivity index (χ2v) is 4.29. The first-order chi connectivity index (χ1) is 8.74. The molecule has 0 bridgehead atoms. The average Bonchev–Trinajstić information content (AvgIpc) is 2.40. The van der Waals surface area contributed by atoms with E-state index in [1.54, 1.807) is 0 Å². The van der Waals surface area contributed by atoms with E-state index in [0.717, 1.165) is 17.9 Å². The highest BCUT2D eigenvalue weighted by Gasteiger charge is 2.07. The predicted octanol–water partition coefficient (Wildman–Crippen LogP) is 3.01. The van der Waals surface area contributed by atoms with Crippen molar-refractivity contribution >= 4 is 11.4 Å². The molecule has 2 aromatic rings. The van der Waals surface area contributed by atoms with Gasteiger partial charge in [-0.3, -0.25) is 4.98 Å². The van der Waals surface area contributed by atoms with Crippen LogP contribution in [0, 0.1) is 6.92 Å². The van der Waals surface area contributed by atoms with Crippen LogP contribution in [-0.2, 0) is 6.54 Å². The van der Waals surface area contributed by atoms with Gasteiger partial charge in [-0.05, 0) is 43.7 Å². The van der Waals surface area contributed by atoms with Crippen LogP contribution >= 0.6 is 0 Å². The zero-order valence-electron chi connectivity index (χ0n) is 10.9. The first-order valence-electron chi connectivity index (χ1n) is 6.23. The second-order valence-electron chi connectivity index (χ2n) is 4.29. The molecule has 0 fully saturated rings. The van der Waals surface area contributed by atoms with Crippen LogP contribution in [0.15, 0.2) is 42.6 Å². The van der Waals surface area contributed by atoms with Crippen molar-refractivity contribution in [1.29, 1.82) is 0 Å². The standard InChI is InChI=1S/C15H19N3/c1-3-18(14-6-4-5-12(2)9-14)15-7-8-17-13(10-15)11-16/h4-10H,3,11,16H2,1-2H3. The van der Waals surface area contributed by atoms with Gasteiger partial charge < -0.3 is 10.6 Å². The first-order valence-corrected chi connectivity index (χ1v) is 6.23. The van der Waals surface area contributed by atoms with Crippen molar-refractivity contribution in [3.05, 3.63) is 53.9 Å². The monoisotopic (exact) mass is 241 g/mol. The molecule has 0 amide bonds. The number of benzene rings is 1. The molecule has 1 aromatic carbocycles. The minimum atomic E-state index is 0.471. The summed E-state index contributed by atoms with van der Waals surface area (Å²) >= 11 is 0. The Morgan fingerprint density at radius 3 is 2.61 bits per heavy atom. The lowest BCUT2D eigenvalue weighted by Gasteiger charge is -2.24. The number of aromatic nitrogens is 1. The molecule has 3 heteroatoms. The van der Waals surface area contributed by atoms with Gasteiger partial charge in [0.2, 0.25) is 0 Å². The van der Waals surface area contributed by atoms with Gasteiger partial charge in [0.1, 0.15) is 0 Å². The zero-order valence-corrected chi connectivity index (χ0v) is 10.9. The highest BCUT2D eigenvalue weighted by atomic mass is 15.1. The fraction of sp³-hybridized carbons (Fsp3) is 0.267. The Hall–Kier alpha value is -1.87. The number of nitrogens with two attached hydrogens (primary N) is 1. The lowest BCUT2D eigenvalue weighted by Crippen LogP contribution is -2.16. The van der Waals surface area contributed by atoms with Crippen LogP contribution in [0.4, 0.5) is 11.4 Å². The minimum Gasteiger partial charge on any atom is -0.342 e. The molecular formula is C15H19N3. The molecule has 1 heterocycles. The summed E-state index contributed by atoms with van der Waals surface area (Å²) in [6.07, 6.45) is 1.82. The van der Waals surface area contributed by atoms with E-state index in [4.69, 9.17) is 5.73 Å². The van der Waals surface area contributed by atoms with E-state index >= 15 is 0 Å². The highest BCUT2D eigenvalue weighted by molar-refractivity contribution is 5.63. The van der Waals surface area contributed by atoms with Crippen LogP contribution in [0.5, 0.6) is 0 Å². The van der Waals surface area contributed by atoms with E-state index in [-0.39, 0.29) is 0 Å². The quantitative estimate of drug-likeness (QED) is 0.894. The number of rotatable bonds is 4. The maximum atomic E-state index is 5.64. The SMILES string of the molecule is CCN(c1cccc(C)c1)c1ccnc(CN)c1. The van der Waals surface area contributed by atoms with Crippen LogP contribution in [0.3, 0.4) is 0 Å². The third-order valence-electron chi connectivity index (χ3n) is 2.95. The molecule has 0 saturated carbocycles. The Morgan fingerprint density at radius 2 is 1.94 bits per heavy atom. The zero-order chi connectivity index (χ0) is 13.0. The fourth-order valence-corrected chi connectivity index (χ4v) is 2.06. The van der Waals surface area contributed by atoms with Gasteiger partial charge in [-0.1, -0.05) is 12.1 Å². The number of nitrogens with zero attached hydrogens (tertiary/aromatic N) is 2. The normalized spacial score (nSPS) is 10.4. The molecular weight excluding hydrogens is 222 g/mol. The molecule has 0 atom stereocenters. The predicted molar refractivity (Wildman–Crippen MR) is 76.0 cm³/mol. The van der Waals surface area contributed by atoms with Crippen molar-refractivity contribution in [2.75, 3.05) is 11.4 Å². The lowest BCUT2D eigenvalue weighted by molar-refractivity contribution is 0.968. The number of anilines is 2. The van der Waals surface area contributed by atoms with Crippen molar-refractivity contribution in [3.8, 4) is 0 Å². The number of hydrogen-bond donors (Lipinski definition) is 1. The van der Waals surface area contributed by atoms with Crippen LogP contribution in [0.2, 0.25) is 0 Å². The molecule has 0 aliphatic carbocycles. The number of pyridine rings is 1. The summed E-state index contributed by atoms with van der Waals surface area (Å²) in [4.78, 5) is 6.49. The van der Waals surface area contributed by atoms with E-state index in [0.29, 0.717) is 6.54 Å². The maximum absolute atomic E-state index is 5.64. The average molecular weight is 241 g/mol.